The lowest BCUT2D eigenvalue weighted by molar-refractivity contribution is 0.147. The van der Waals surface area contributed by atoms with Gasteiger partial charge in [-0.1, -0.05) is 0 Å². The van der Waals surface area contributed by atoms with Crippen molar-refractivity contribution in [2.45, 2.75) is 12.5 Å². The highest BCUT2D eigenvalue weighted by molar-refractivity contribution is 5.61. The number of nitrogen functional groups attached to an aromatic ring is 1. The van der Waals surface area contributed by atoms with Crippen LogP contribution >= 0.6 is 0 Å². The molecule has 8 nitrogen and oxygen atoms in total. The van der Waals surface area contributed by atoms with E-state index in [0.717, 1.165) is 4.57 Å². The molecule has 1 aromatic heterocycles. The number of aliphatic hydroxyl groups excluding tert-OH is 2. The molecule has 0 aliphatic carbocycles. The molecule has 0 saturated carbocycles. The molecule has 0 fully saturated rings. The van der Waals surface area contributed by atoms with Crippen LogP contribution < -0.4 is 22.3 Å². The fourth-order valence-electron chi connectivity index (χ4n) is 1.19. The molecular weight excluding hydrogens is 228 g/mol. The SMILES string of the molecule is Cn1c(N)c(NC(C)(CO)CO)c(=O)[nH]c1=O. The molecule has 0 aliphatic rings. The maximum absolute atomic E-state index is 11.5. The molecular formula is C9H16N4O4. The molecule has 96 valence electrons. The van der Waals surface area contributed by atoms with Crippen molar-refractivity contribution >= 4 is 11.5 Å². The Morgan fingerprint density at radius 2 is 1.94 bits per heavy atom. The molecule has 1 rings (SSSR count). The van der Waals surface area contributed by atoms with Crippen LogP contribution in [0.1, 0.15) is 6.92 Å². The number of rotatable bonds is 4. The number of nitrogens with one attached hydrogen (secondary N) is 2. The van der Waals surface area contributed by atoms with Gasteiger partial charge < -0.3 is 21.3 Å². The van der Waals surface area contributed by atoms with E-state index in [1.165, 1.54) is 14.0 Å². The second-order valence-electron chi connectivity index (χ2n) is 4.08. The fourth-order valence-corrected chi connectivity index (χ4v) is 1.19. The zero-order valence-corrected chi connectivity index (χ0v) is 9.65. The molecule has 1 aromatic rings. The Kier molecular flexibility index (Phi) is 3.59. The third kappa shape index (κ3) is 2.48. The van der Waals surface area contributed by atoms with Gasteiger partial charge in [0.2, 0.25) is 0 Å². The van der Waals surface area contributed by atoms with Gasteiger partial charge in [0.1, 0.15) is 11.5 Å². The number of nitrogens with zero attached hydrogens (tertiary/aromatic N) is 1. The van der Waals surface area contributed by atoms with E-state index in [4.69, 9.17) is 15.9 Å². The van der Waals surface area contributed by atoms with E-state index in [1.54, 1.807) is 0 Å². The summed E-state index contributed by atoms with van der Waals surface area (Å²) in [6.45, 7) is 0.716. The maximum atomic E-state index is 11.5. The lowest BCUT2D eigenvalue weighted by Crippen LogP contribution is -2.45. The smallest absolute Gasteiger partial charge is 0.329 e. The highest BCUT2D eigenvalue weighted by Gasteiger charge is 2.25. The third-order valence-electron chi connectivity index (χ3n) is 2.49. The zero-order chi connectivity index (χ0) is 13.2. The van der Waals surface area contributed by atoms with E-state index in [-0.39, 0.29) is 11.5 Å². The first-order valence-electron chi connectivity index (χ1n) is 4.93. The predicted molar refractivity (Wildman–Crippen MR) is 62.9 cm³/mol. The Balaban J connectivity index is 3.29. The van der Waals surface area contributed by atoms with Crippen LogP contribution in [-0.4, -0.2) is 38.5 Å². The van der Waals surface area contributed by atoms with Crippen molar-refractivity contribution in [1.82, 2.24) is 9.55 Å². The molecule has 0 unspecified atom stereocenters. The van der Waals surface area contributed by atoms with Crippen molar-refractivity contribution < 1.29 is 10.2 Å². The molecule has 0 amide bonds. The summed E-state index contributed by atoms with van der Waals surface area (Å²) in [5.41, 5.74) is 3.13. The topological polar surface area (TPSA) is 133 Å². The number of nitrogens with two attached hydrogens (primary N) is 1. The van der Waals surface area contributed by atoms with Crippen LogP contribution in [0, 0.1) is 0 Å². The number of hydrogen-bond donors (Lipinski definition) is 5. The molecule has 0 spiro atoms. The summed E-state index contributed by atoms with van der Waals surface area (Å²) in [4.78, 5) is 24.8. The first-order valence-corrected chi connectivity index (χ1v) is 4.93. The van der Waals surface area contributed by atoms with Crippen molar-refractivity contribution in [3.05, 3.63) is 20.8 Å². The van der Waals surface area contributed by atoms with Gasteiger partial charge in [-0.15, -0.1) is 0 Å². The fraction of sp³-hybridized carbons (Fsp3) is 0.556. The molecule has 1 heterocycles. The van der Waals surface area contributed by atoms with E-state index >= 15 is 0 Å². The van der Waals surface area contributed by atoms with Gasteiger partial charge in [0.15, 0.2) is 0 Å². The Hall–Kier alpha value is -1.80. The quantitative estimate of drug-likeness (QED) is 0.408. The van der Waals surface area contributed by atoms with Gasteiger partial charge in [0.25, 0.3) is 5.56 Å². The van der Waals surface area contributed by atoms with Gasteiger partial charge >= 0.3 is 5.69 Å². The minimum Gasteiger partial charge on any atom is -0.394 e. The Bertz CT molecular complexity index is 515. The first-order chi connectivity index (χ1) is 7.84. The minimum atomic E-state index is -1.10. The molecule has 0 aromatic carbocycles. The molecule has 0 aliphatic heterocycles. The average Bonchev–Trinajstić information content (AvgIpc) is 2.32. The molecule has 6 N–H and O–H groups in total. The molecule has 17 heavy (non-hydrogen) atoms. The normalized spacial score (nSPS) is 11.5. The number of aromatic amines is 1. The first kappa shape index (κ1) is 13.3. The van der Waals surface area contributed by atoms with Gasteiger partial charge in [-0.05, 0) is 6.92 Å². The van der Waals surface area contributed by atoms with Crippen molar-refractivity contribution in [1.29, 1.82) is 0 Å². The van der Waals surface area contributed by atoms with E-state index in [2.05, 4.69) is 10.3 Å². The Morgan fingerprint density at radius 1 is 1.41 bits per heavy atom. The summed E-state index contributed by atoms with van der Waals surface area (Å²) in [6, 6.07) is 0. The molecule has 0 bridgehead atoms. The lowest BCUT2D eigenvalue weighted by atomic mass is 10.1. The van der Waals surface area contributed by atoms with Crippen LogP contribution in [0.15, 0.2) is 9.59 Å². The van der Waals surface area contributed by atoms with Gasteiger partial charge in [-0.25, -0.2) is 4.79 Å². The number of anilines is 2. The highest BCUT2D eigenvalue weighted by Crippen LogP contribution is 2.15. The number of aliphatic hydroxyl groups is 2. The van der Waals surface area contributed by atoms with Crippen molar-refractivity contribution in [3.8, 4) is 0 Å². The molecule has 8 heteroatoms. The van der Waals surface area contributed by atoms with Crippen LogP contribution in [0.2, 0.25) is 0 Å². The summed E-state index contributed by atoms with van der Waals surface area (Å²) in [5.74, 6) is -0.0631. The third-order valence-corrected chi connectivity index (χ3v) is 2.49. The Labute approximate surface area is 96.7 Å². The van der Waals surface area contributed by atoms with Crippen LogP contribution in [0.3, 0.4) is 0 Å². The summed E-state index contributed by atoms with van der Waals surface area (Å²) in [5, 5.41) is 20.8. The molecule has 0 atom stereocenters. The summed E-state index contributed by atoms with van der Waals surface area (Å²) in [7, 11) is 1.40. The van der Waals surface area contributed by atoms with E-state index in [1.807, 2.05) is 0 Å². The van der Waals surface area contributed by atoms with Crippen LogP contribution in [-0.2, 0) is 7.05 Å². The van der Waals surface area contributed by atoms with Gasteiger partial charge in [-0.2, -0.15) is 0 Å². The second-order valence-corrected chi connectivity index (χ2v) is 4.08. The molecule has 0 radical (unpaired) electrons. The highest BCUT2D eigenvalue weighted by atomic mass is 16.3. The van der Waals surface area contributed by atoms with Crippen molar-refractivity contribution in [2.24, 2.45) is 7.05 Å². The predicted octanol–water partition coefficient (Wildman–Crippen LogP) is -2.19. The monoisotopic (exact) mass is 244 g/mol. The summed E-state index contributed by atoms with van der Waals surface area (Å²) in [6.07, 6.45) is 0. The van der Waals surface area contributed by atoms with Gasteiger partial charge in [0, 0.05) is 7.05 Å². The summed E-state index contributed by atoms with van der Waals surface area (Å²) >= 11 is 0. The van der Waals surface area contributed by atoms with Gasteiger partial charge in [0.05, 0.1) is 18.8 Å². The van der Waals surface area contributed by atoms with Gasteiger partial charge in [-0.3, -0.25) is 14.3 Å². The van der Waals surface area contributed by atoms with Crippen LogP contribution in [0.25, 0.3) is 0 Å². The summed E-state index contributed by atoms with van der Waals surface area (Å²) < 4.78 is 1.05. The zero-order valence-electron chi connectivity index (χ0n) is 9.65. The minimum absolute atomic E-state index is 0.0577. The van der Waals surface area contributed by atoms with Crippen molar-refractivity contribution in [2.75, 3.05) is 24.3 Å². The number of H-pyrrole nitrogens is 1. The van der Waals surface area contributed by atoms with E-state index in [0.29, 0.717) is 0 Å². The van der Waals surface area contributed by atoms with Crippen LogP contribution in [0.5, 0.6) is 0 Å². The van der Waals surface area contributed by atoms with Crippen molar-refractivity contribution in [3.63, 3.8) is 0 Å². The van der Waals surface area contributed by atoms with E-state index < -0.39 is 30.0 Å². The number of aromatic nitrogens is 2. The van der Waals surface area contributed by atoms with E-state index in [9.17, 15) is 9.59 Å². The number of hydrogen-bond acceptors (Lipinski definition) is 6. The average molecular weight is 244 g/mol. The maximum Gasteiger partial charge on any atom is 0.329 e. The Morgan fingerprint density at radius 3 is 2.41 bits per heavy atom. The lowest BCUT2D eigenvalue weighted by Gasteiger charge is -2.27. The van der Waals surface area contributed by atoms with Crippen LogP contribution in [0.4, 0.5) is 11.5 Å². The second kappa shape index (κ2) is 4.60. The standard InChI is InChI=1S/C9H16N4O4/c1-9(3-14,4-15)12-5-6(10)13(2)8(17)11-7(5)16/h12,14-15H,3-4,10H2,1-2H3,(H,11,16,17). The largest absolute Gasteiger partial charge is 0.394 e. The molecule has 0 saturated heterocycles.